The van der Waals surface area contributed by atoms with Gasteiger partial charge in [0.25, 0.3) is 0 Å². The summed E-state index contributed by atoms with van der Waals surface area (Å²) >= 11 is 1.44. The second kappa shape index (κ2) is 7.36. The summed E-state index contributed by atoms with van der Waals surface area (Å²) in [4.78, 5) is 29.2. The second-order valence-corrected chi connectivity index (χ2v) is 5.88. The molecule has 21 heavy (non-hydrogen) atoms. The molecule has 2 rings (SSSR count). The molecule has 0 fully saturated rings. The Morgan fingerprint density at radius 3 is 2.86 bits per heavy atom. The van der Waals surface area contributed by atoms with Gasteiger partial charge in [-0.3, -0.25) is 0 Å². The summed E-state index contributed by atoms with van der Waals surface area (Å²) in [6.07, 6.45) is 5.62. The SMILES string of the molecule is CCCCCCc1cc2c(=O)oc(C(=O)OCC)nc2s1. The number of carbonyl (C=O) groups excluding carboxylic acids is 1. The summed E-state index contributed by atoms with van der Waals surface area (Å²) in [6.45, 7) is 4.08. The molecule has 2 aromatic rings. The van der Waals surface area contributed by atoms with Gasteiger partial charge in [0.1, 0.15) is 4.83 Å². The van der Waals surface area contributed by atoms with E-state index < -0.39 is 11.6 Å². The van der Waals surface area contributed by atoms with Crippen molar-refractivity contribution < 1.29 is 13.9 Å². The number of hydrogen-bond donors (Lipinski definition) is 0. The summed E-state index contributed by atoms with van der Waals surface area (Å²) in [5.74, 6) is -0.969. The molecule has 5 nitrogen and oxygen atoms in total. The number of carbonyl (C=O) groups is 1. The van der Waals surface area contributed by atoms with Gasteiger partial charge in [0, 0.05) is 4.88 Å². The van der Waals surface area contributed by atoms with E-state index in [0.717, 1.165) is 17.7 Å². The van der Waals surface area contributed by atoms with Crippen molar-refractivity contribution in [1.29, 1.82) is 0 Å². The van der Waals surface area contributed by atoms with E-state index in [2.05, 4.69) is 11.9 Å². The average Bonchev–Trinajstić information content (AvgIpc) is 2.87. The fourth-order valence-corrected chi connectivity index (χ4v) is 3.10. The molecule has 0 aliphatic carbocycles. The zero-order valence-corrected chi connectivity index (χ0v) is 13.1. The number of nitrogens with zero attached hydrogens (tertiary/aromatic N) is 1. The maximum atomic E-state index is 11.9. The number of aromatic nitrogens is 1. The molecule has 0 saturated carbocycles. The van der Waals surface area contributed by atoms with Crippen LogP contribution in [0.5, 0.6) is 0 Å². The molecule has 0 unspecified atom stereocenters. The molecule has 114 valence electrons. The van der Waals surface area contributed by atoms with Crippen LogP contribution in [0.25, 0.3) is 10.2 Å². The predicted molar refractivity (Wildman–Crippen MR) is 82.0 cm³/mol. The normalized spacial score (nSPS) is 11.0. The first-order chi connectivity index (χ1) is 10.2. The maximum Gasteiger partial charge on any atom is 0.394 e. The smallest absolute Gasteiger partial charge is 0.394 e. The number of thiophene rings is 1. The van der Waals surface area contributed by atoms with E-state index in [4.69, 9.17) is 9.15 Å². The van der Waals surface area contributed by atoms with E-state index in [9.17, 15) is 9.59 Å². The van der Waals surface area contributed by atoms with Crippen LogP contribution in [0.4, 0.5) is 0 Å². The highest BCUT2D eigenvalue weighted by Gasteiger charge is 2.17. The van der Waals surface area contributed by atoms with Gasteiger partial charge in [-0.15, -0.1) is 11.3 Å². The molecule has 0 atom stereocenters. The first-order valence-electron chi connectivity index (χ1n) is 7.26. The van der Waals surface area contributed by atoms with Gasteiger partial charge in [0.2, 0.25) is 0 Å². The summed E-state index contributed by atoms with van der Waals surface area (Å²) in [7, 11) is 0. The van der Waals surface area contributed by atoms with Crippen molar-refractivity contribution >= 4 is 27.5 Å². The van der Waals surface area contributed by atoms with Crippen molar-refractivity contribution in [3.8, 4) is 0 Å². The van der Waals surface area contributed by atoms with Crippen LogP contribution in [0.2, 0.25) is 0 Å². The van der Waals surface area contributed by atoms with Crippen LogP contribution < -0.4 is 5.63 Å². The minimum Gasteiger partial charge on any atom is -0.459 e. The Kier molecular flexibility index (Phi) is 5.50. The van der Waals surface area contributed by atoms with Gasteiger partial charge in [0.15, 0.2) is 0 Å². The van der Waals surface area contributed by atoms with Crippen molar-refractivity contribution in [2.45, 2.75) is 46.0 Å². The minimum absolute atomic E-state index is 0.218. The highest BCUT2D eigenvalue weighted by Crippen LogP contribution is 2.23. The van der Waals surface area contributed by atoms with Crippen molar-refractivity contribution in [1.82, 2.24) is 4.98 Å². The van der Waals surface area contributed by atoms with Gasteiger partial charge < -0.3 is 9.15 Å². The minimum atomic E-state index is -0.700. The highest BCUT2D eigenvalue weighted by atomic mass is 32.1. The van der Waals surface area contributed by atoms with Gasteiger partial charge in [-0.1, -0.05) is 26.2 Å². The second-order valence-electron chi connectivity index (χ2n) is 4.77. The lowest BCUT2D eigenvalue weighted by molar-refractivity contribution is 0.0474. The fraction of sp³-hybridized carbons (Fsp3) is 0.533. The number of fused-ring (bicyclic) bond motifs is 1. The molecule has 0 amide bonds. The Balaban J connectivity index is 2.20. The van der Waals surface area contributed by atoms with Gasteiger partial charge in [-0.05, 0) is 25.8 Å². The average molecular weight is 309 g/mol. The zero-order valence-electron chi connectivity index (χ0n) is 12.3. The van der Waals surface area contributed by atoms with Crippen LogP contribution in [0.3, 0.4) is 0 Å². The molecular weight excluding hydrogens is 290 g/mol. The summed E-state index contributed by atoms with van der Waals surface area (Å²) < 4.78 is 9.73. The Labute approximate surface area is 126 Å². The summed E-state index contributed by atoms with van der Waals surface area (Å²) in [6, 6.07) is 1.82. The van der Waals surface area contributed by atoms with Crippen LogP contribution in [0.1, 0.15) is 55.1 Å². The first-order valence-corrected chi connectivity index (χ1v) is 8.08. The topological polar surface area (TPSA) is 69.4 Å². The van der Waals surface area contributed by atoms with Gasteiger partial charge >= 0.3 is 17.5 Å². The fourth-order valence-electron chi connectivity index (χ4n) is 2.05. The van der Waals surface area contributed by atoms with Gasteiger partial charge in [-0.2, -0.15) is 4.98 Å². The molecular formula is C15H19NO4S. The lowest BCUT2D eigenvalue weighted by Crippen LogP contribution is -2.11. The molecule has 0 radical (unpaired) electrons. The number of unbranched alkanes of at least 4 members (excludes halogenated alkanes) is 3. The van der Waals surface area contributed by atoms with Crippen LogP contribution >= 0.6 is 11.3 Å². The summed E-state index contributed by atoms with van der Waals surface area (Å²) in [5, 5.41) is 0.443. The van der Waals surface area contributed by atoms with Crippen LogP contribution in [0, 0.1) is 0 Å². The van der Waals surface area contributed by atoms with Gasteiger partial charge in [-0.25, -0.2) is 9.59 Å². The van der Waals surface area contributed by atoms with Crippen LogP contribution in [-0.2, 0) is 11.2 Å². The molecule has 0 N–H and O–H groups in total. The van der Waals surface area contributed by atoms with Crippen molar-refractivity contribution in [2.75, 3.05) is 6.61 Å². The van der Waals surface area contributed by atoms with Crippen molar-refractivity contribution in [2.24, 2.45) is 0 Å². The summed E-state index contributed by atoms with van der Waals surface area (Å²) in [5.41, 5.74) is -0.529. The number of ether oxygens (including phenoxy) is 1. The Hall–Kier alpha value is -1.69. The molecule has 2 aromatic heterocycles. The van der Waals surface area contributed by atoms with E-state index >= 15 is 0 Å². The van der Waals surface area contributed by atoms with Gasteiger partial charge in [0.05, 0.1) is 12.0 Å². The first kappa shape index (κ1) is 15.7. The third kappa shape index (κ3) is 3.91. The number of esters is 1. The van der Waals surface area contributed by atoms with Crippen LogP contribution in [-0.4, -0.2) is 17.6 Å². The molecule has 0 spiro atoms. The Morgan fingerprint density at radius 1 is 1.33 bits per heavy atom. The van der Waals surface area contributed by atoms with E-state index in [1.165, 1.54) is 30.6 Å². The van der Waals surface area contributed by atoms with E-state index in [0.29, 0.717) is 10.2 Å². The van der Waals surface area contributed by atoms with Crippen molar-refractivity contribution in [3.05, 3.63) is 27.3 Å². The number of rotatable bonds is 7. The molecule has 0 aromatic carbocycles. The lowest BCUT2D eigenvalue weighted by atomic mass is 10.1. The Bertz CT molecular complexity index is 674. The van der Waals surface area contributed by atoms with Crippen LogP contribution in [0.15, 0.2) is 15.3 Å². The highest BCUT2D eigenvalue weighted by molar-refractivity contribution is 7.18. The third-order valence-corrected chi connectivity index (χ3v) is 4.19. The molecule has 0 saturated heterocycles. The number of aryl methyl sites for hydroxylation is 1. The number of hydrogen-bond acceptors (Lipinski definition) is 6. The zero-order chi connectivity index (χ0) is 15.2. The largest absolute Gasteiger partial charge is 0.459 e. The standard InChI is InChI=1S/C15H19NO4S/c1-3-5-6-7-8-10-9-11-13(21-10)16-12(20-14(11)17)15(18)19-4-2/h9H,3-8H2,1-2H3. The molecule has 0 aliphatic rings. The molecule has 2 heterocycles. The maximum absolute atomic E-state index is 11.9. The predicted octanol–water partition coefficient (Wildman–Crippen LogP) is 3.55. The van der Waals surface area contributed by atoms with Crippen molar-refractivity contribution in [3.63, 3.8) is 0 Å². The van der Waals surface area contributed by atoms with E-state index in [1.54, 1.807) is 6.92 Å². The third-order valence-electron chi connectivity index (χ3n) is 3.10. The quantitative estimate of drug-likeness (QED) is 0.578. The molecule has 0 aliphatic heterocycles. The Morgan fingerprint density at radius 2 is 2.14 bits per heavy atom. The molecule has 6 heteroatoms. The van der Waals surface area contributed by atoms with E-state index in [1.807, 2.05) is 6.07 Å². The molecule has 0 bridgehead atoms. The lowest BCUT2D eigenvalue weighted by Gasteiger charge is -1.98. The van der Waals surface area contributed by atoms with E-state index in [-0.39, 0.29) is 12.5 Å². The monoisotopic (exact) mass is 309 g/mol.